The Balaban J connectivity index is 1.80. The molecule has 3 rings (SSSR count). The zero-order valence-corrected chi connectivity index (χ0v) is 19.7. The number of carboxylic acid groups (broad SMARTS) is 1. The van der Waals surface area contributed by atoms with Crippen LogP contribution in [0, 0.1) is 0 Å². The number of methoxy groups -OCH3 is 1. The molecule has 34 heavy (non-hydrogen) atoms. The number of esters is 1. The number of aliphatic hydroxyl groups excluding tert-OH is 1. The van der Waals surface area contributed by atoms with E-state index in [-0.39, 0.29) is 18.7 Å². The Bertz CT molecular complexity index is 1100. The number of rotatable bonds is 10. The van der Waals surface area contributed by atoms with Gasteiger partial charge in [0.1, 0.15) is 0 Å². The number of hydrogen-bond acceptors (Lipinski definition) is 8. The predicted molar refractivity (Wildman–Crippen MR) is 123 cm³/mol. The molecule has 1 fully saturated rings. The topological polar surface area (TPSA) is 142 Å². The molecule has 0 aromatic heterocycles. The van der Waals surface area contributed by atoms with E-state index in [1.807, 2.05) is 4.90 Å². The number of benzene rings is 2. The van der Waals surface area contributed by atoms with E-state index < -0.39 is 40.2 Å². The van der Waals surface area contributed by atoms with Crippen molar-refractivity contribution in [2.24, 2.45) is 0 Å². The molecule has 11 heteroatoms. The molecule has 1 aliphatic rings. The molecule has 3 atom stereocenters. The Labute approximate surface area is 198 Å². The van der Waals surface area contributed by atoms with Crippen LogP contribution in [0.1, 0.15) is 31.8 Å². The molecule has 1 heterocycles. The molecule has 0 spiro atoms. The molecule has 2 aromatic carbocycles. The number of sulfonamides is 1. The van der Waals surface area contributed by atoms with Crippen LogP contribution in [0.15, 0.2) is 48.5 Å². The lowest BCUT2D eigenvalue weighted by Gasteiger charge is -2.31. The highest BCUT2D eigenvalue weighted by molar-refractivity contribution is 7.88. The van der Waals surface area contributed by atoms with Crippen molar-refractivity contribution in [3.8, 4) is 0 Å². The van der Waals surface area contributed by atoms with Gasteiger partial charge >= 0.3 is 11.9 Å². The van der Waals surface area contributed by atoms with Crippen molar-refractivity contribution in [3.63, 3.8) is 0 Å². The fourth-order valence-corrected chi connectivity index (χ4v) is 4.24. The Hall–Kier alpha value is -2.83. The molecule has 0 unspecified atom stereocenters. The van der Waals surface area contributed by atoms with Crippen LogP contribution in [0.5, 0.6) is 0 Å². The molecule has 0 amide bonds. The molecular formula is C23H28N2O8S. The summed E-state index contributed by atoms with van der Waals surface area (Å²) in [6.07, 6.45) is -0.628. The number of aromatic carboxylic acids is 1. The Morgan fingerprint density at radius 3 is 2.06 bits per heavy atom. The molecule has 0 radical (unpaired) electrons. The first-order valence-electron chi connectivity index (χ1n) is 10.5. The van der Waals surface area contributed by atoms with E-state index in [0.717, 1.165) is 17.4 Å². The summed E-state index contributed by atoms with van der Waals surface area (Å²) in [6, 6.07) is 12.9. The summed E-state index contributed by atoms with van der Waals surface area (Å²) in [5.41, 5.74) is 2.30. The highest BCUT2D eigenvalue weighted by Crippen LogP contribution is 2.24. The van der Waals surface area contributed by atoms with Gasteiger partial charge in [-0.25, -0.2) is 22.7 Å². The minimum absolute atomic E-state index is 0.0501. The summed E-state index contributed by atoms with van der Waals surface area (Å²) >= 11 is 0. The van der Waals surface area contributed by atoms with Crippen LogP contribution in [-0.2, 0) is 32.6 Å². The maximum atomic E-state index is 11.7. The van der Waals surface area contributed by atoms with Crippen LogP contribution >= 0.6 is 0 Å². The summed E-state index contributed by atoms with van der Waals surface area (Å²) in [5, 5.41) is 20.0. The van der Waals surface area contributed by atoms with Gasteiger partial charge in [0.2, 0.25) is 10.0 Å². The van der Waals surface area contributed by atoms with Gasteiger partial charge in [0.25, 0.3) is 0 Å². The highest BCUT2D eigenvalue weighted by atomic mass is 32.2. The molecule has 0 bridgehead atoms. The SMILES string of the molecule is COC(=O)c1ccc(CN(Cc2ccc(C(=O)O)cc2)[C@@H]2CO[C@H](CNS(C)(=O)=O)[C@H]2O)cc1. The highest BCUT2D eigenvalue weighted by Gasteiger charge is 2.39. The average Bonchev–Trinajstić information content (AvgIpc) is 3.17. The van der Waals surface area contributed by atoms with Crippen molar-refractivity contribution in [1.82, 2.24) is 9.62 Å². The number of ether oxygens (including phenoxy) is 2. The molecule has 0 aliphatic carbocycles. The first kappa shape index (κ1) is 25.8. The largest absolute Gasteiger partial charge is 0.478 e. The van der Waals surface area contributed by atoms with Crippen molar-refractivity contribution in [3.05, 3.63) is 70.8 Å². The molecule has 0 saturated carbocycles. The van der Waals surface area contributed by atoms with E-state index in [4.69, 9.17) is 14.6 Å². The lowest BCUT2D eigenvalue weighted by molar-refractivity contribution is 0.0330. The lowest BCUT2D eigenvalue weighted by atomic mass is 10.0. The first-order chi connectivity index (χ1) is 16.1. The third-order valence-corrected chi connectivity index (χ3v) is 6.31. The second kappa shape index (κ2) is 11.1. The van der Waals surface area contributed by atoms with Crippen LogP contribution in [0.3, 0.4) is 0 Å². The number of carbonyl (C=O) groups is 2. The van der Waals surface area contributed by atoms with Gasteiger partial charge in [-0.3, -0.25) is 4.90 Å². The molecule has 2 aromatic rings. The minimum atomic E-state index is -3.43. The summed E-state index contributed by atoms with van der Waals surface area (Å²) in [4.78, 5) is 24.8. The van der Waals surface area contributed by atoms with Crippen molar-refractivity contribution >= 4 is 22.0 Å². The zero-order chi connectivity index (χ0) is 24.9. The van der Waals surface area contributed by atoms with Crippen molar-refractivity contribution in [2.75, 3.05) is 26.5 Å². The van der Waals surface area contributed by atoms with E-state index >= 15 is 0 Å². The number of nitrogens with one attached hydrogen (secondary N) is 1. The second-order valence-electron chi connectivity index (χ2n) is 8.15. The Morgan fingerprint density at radius 2 is 1.59 bits per heavy atom. The standard InChI is InChI=1S/C23H28N2O8S/c1-32-23(29)18-9-5-16(6-10-18)13-25(12-15-3-7-17(8-4-15)22(27)28)19-14-33-20(21(19)26)11-24-34(2,30)31/h3-10,19-21,24,26H,11-14H2,1-2H3,(H,27,28)/t19-,20-,21+/m1/s1. The summed E-state index contributed by atoms with van der Waals surface area (Å²) in [6.45, 7) is 0.922. The van der Waals surface area contributed by atoms with E-state index in [0.29, 0.717) is 18.7 Å². The molecule has 3 N–H and O–H groups in total. The van der Waals surface area contributed by atoms with Gasteiger partial charge in [-0.2, -0.15) is 0 Å². The van der Waals surface area contributed by atoms with Crippen LogP contribution in [0.25, 0.3) is 0 Å². The predicted octanol–water partition coefficient (Wildman–Crippen LogP) is 0.851. The van der Waals surface area contributed by atoms with Crippen molar-refractivity contribution in [2.45, 2.75) is 31.3 Å². The van der Waals surface area contributed by atoms with Gasteiger partial charge in [-0.15, -0.1) is 0 Å². The molecule has 10 nitrogen and oxygen atoms in total. The van der Waals surface area contributed by atoms with Gasteiger partial charge in [-0.05, 0) is 35.4 Å². The Kier molecular flexibility index (Phi) is 8.39. The number of hydrogen-bond donors (Lipinski definition) is 3. The third-order valence-electron chi connectivity index (χ3n) is 5.62. The molecule has 1 saturated heterocycles. The Morgan fingerprint density at radius 1 is 1.06 bits per heavy atom. The molecule has 184 valence electrons. The second-order valence-corrected chi connectivity index (χ2v) is 9.98. The van der Waals surface area contributed by atoms with E-state index in [1.165, 1.54) is 19.2 Å². The van der Waals surface area contributed by atoms with Crippen LogP contribution < -0.4 is 4.72 Å². The van der Waals surface area contributed by atoms with Gasteiger partial charge < -0.3 is 19.7 Å². The first-order valence-corrected chi connectivity index (χ1v) is 12.4. The smallest absolute Gasteiger partial charge is 0.337 e. The summed E-state index contributed by atoms with van der Waals surface area (Å²) < 4.78 is 35.6. The third kappa shape index (κ3) is 6.84. The number of nitrogens with zero attached hydrogens (tertiary/aromatic N) is 1. The maximum absolute atomic E-state index is 11.7. The van der Waals surface area contributed by atoms with Crippen LogP contribution in [0.2, 0.25) is 0 Å². The summed E-state index contributed by atoms with van der Waals surface area (Å²) in [7, 11) is -2.13. The minimum Gasteiger partial charge on any atom is -0.478 e. The quantitative estimate of drug-likeness (QED) is 0.411. The van der Waals surface area contributed by atoms with Gasteiger partial charge in [0.15, 0.2) is 0 Å². The fourth-order valence-electron chi connectivity index (χ4n) is 3.78. The number of carbonyl (C=O) groups excluding carboxylic acids is 1. The van der Waals surface area contributed by atoms with Crippen molar-refractivity contribution in [1.29, 1.82) is 0 Å². The van der Waals surface area contributed by atoms with Gasteiger partial charge in [0, 0.05) is 19.6 Å². The van der Waals surface area contributed by atoms with Crippen molar-refractivity contribution < 1.29 is 37.7 Å². The van der Waals surface area contributed by atoms with E-state index in [2.05, 4.69) is 4.72 Å². The fraction of sp³-hybridized carbons (Fsp3) is 0.391. The monoisotopic (exact) mass is 492 g/mol. The zero-order valence-electron chi connectivity index (χ0n) is 18.9. The number of aliphatic hydroxyl groups is 1. The van der Waals surface area contributed by atoms with E-state index in [9.17, 15) is 23.1 Å². The van der Waals surface area contributed by atoms with Gasteiger partial charge in [0.05, 0.1) is 49.3 Å². The van der Waals surface area contributed by atoms with Crippen LogP contribution in [0.4, 0.5) is 0 Å². The number of carboxylic acids is 1. The summed E-state index contributed by atoms with van der Waals surface area (Å²) in [5.74, 6) is -1.46. The molecular weight excluding hydrogens is 464 g/mol. The lowest BCUT2D eigenvalue weighted by Crippen LogP contribution is -2.46. The molecule has 1 aliphatic heterocycles. The van der Waals surface area contributed by atoms with Gasteiger partial charge in [-0.1, -0.05) is 24.3 Å². The maximum Gasteiger partial charge on any atom is 0.337 e. The average molecular weight is 493 g/mol. The van der Waals surface area contributed by atoms with E-state index in [1.54, 1.807) is 36.4 Å². The van der Waals surface area contributed by atoms with Crippen LogP contribution in [-0.4, -0.2) is 80.2 Å². The normalized spacial score (nSPS) is 20.4.